The summed E-state index contributed by atoms with van der Waals surface area (Å²) >= 11 is 0. The highest BCUT2D eigenvalue weighted by molar-refractivity contribution is 6.12. The van der Waals surface area contributed by atoms with E-state index in [2.05, 4.69) is 35.6 Å². The van der Waals surface area contributed by atoms with Crippen molar-refractivity contribution in [2.45, 2.75) is 31.0 Å². The molecule has 182 valence electrons. The number of aliphatic imine (C=N–C) groups is 2. The number of hydrogen-bond donors (Lipinski definition) is 3. The number of nitrogens with two attached hydrogens (primary N) is 1. The standard InChI is InChI=1S/C19H18F6N8O/c20-18(21,22)12-2-5-28-14(30-12)15-31-16(29-11-1-4-27-13(7-11)19(23,24)25)33-17(26,32-15)8-10-3-6-34-9-10/h1-2,4-5,7,10H,3,6,8-9,26H2,(H2,27,29,31,32,33). The highest BCUT2D eigenvalue weighted by atomic mass is 19.4. The van der Waals surface area contributed by atoms with Crippen LogP contribution in [0.25, 0.3) is 0 Å². The van der Waals surface area contributed by atoms with E-state index in [0.717, 1.165) is 18.5 Å². The first-order valence-corrected chi connectivity index (χ1v) is 9.95. The summed E-state index contributed by atoms with van der Waals surface area (Å²) in [6.45, 7) is 0.910. The van der Waals surface area contributed by atoms with Crippen molar-refractivity contribution in [3.63, 3.8) is 0 Å². The predicted octanol–water partition coefficient (Wildman–Crippen LogP) is 2.77. The number of pyridine rings is 1. The topological polar surface area (TPSA) is 123 Å². The van der Waals surface area contributed by atoms with Crippen molar-refractivity contribution >= 4 is 17.5 Å². The van der Waals surface area contributed by atoms with Crippen LogP contribution in [0.4, 0.5) is 32.0 Å². The Morgan fingerprint density at radius 3 is 2.47 bits per heavy atom. The third-order valence-electron chi connectivity index (χ3n) is 4.93. The van der Waals surface area contributed by atoms with Crippen molar-refractivity contribution in [1.82, 2.24) is 20.3 Å². The number of guanidine groups is 1. The molecule has 4 heterocycles. The largest absolute Gasteiger partial charge is 0.433 e. The van der Waals surface area contributed by atoms with Gasteiger partial charge in [-0.25, -0.2) is 20.0 Å². The zero-order chi connectivity index (χ0) is 24.6. The molecule has 1 saturated heterocycles. The van der Waals surface area contributed by atoms with E-state index in [-0.39, 0.29) is 29.8 Å². The van der Waals surface area contributed by atoms with Crippen LogP contribution in [0.2, 0.25) is 0 Å². The maximum Gasteiger partial charge on any atom is 0.433 e. The lowest BCUT2D eigenvalue weighted by atomic mass is 10.00. The van der Waals surface area contributed by atoms with Crippen LogP contribution >= 0.6 is 0 Å². The van der Waals surface area contributed by atoms with Crippen LogP contribution in [0.15, 0.2) is 40.6 Å². The molecular formula is C19H18F6N8O. The van der Waals surface area contributed by atoms with Gasteiger partial charge in [0.15, 0.2) is 11.7 Å². The minimum atomic E-state index is -4.73. The average molecular weight is 488 g/mol. The second-order valence-electron chi connectivity index (χ2n) is 7.67. The Balaban J connectivity index is 1.67. The summed E-state index contributed by atoms with van der Waals surface area (Å²) in [5.41, 5.74) is 3.97. The molecule has 0 aromatic carbocycles. The molecule has 0 saturated carbocycles. The summed E-state index contributed by atoms with van der Waals surface area (Å²) < 4.78 is 83.8. The summed E-state index contributed by atoms with van der Waals surface area (Å²) in [7, 11) is 0. The van der Waals surface area contributed by atoms with Gasteiger partial charge in [0.05, 0.1) is 0 Å². The summed E-state index contributed by atoms with van der Waals surface area (Å²) in [6, 6.07) is 2.70. The highest BCUT2D eigenvalue weighted by Crippen LogP contribution is 2.30. The molecule has 1 fully saturated rings. The fourth-order valence-electron chi connectivity index (χ4n) is 3.44. The van der Waals surface area contributed by atoms with Gasteiger partial charge in [-0.05, 0) is 30.5 Å². The SMILES string of the molecule is NC1(CC2CCOC2)N=C(Nc2ccnc(C(F)(F)F)c2)NC(c2nccc(C(F)(F)F)n2)=N1. The molecule has 0 aliphatic carbocycles. The molecule has 9 nitrogen and oxygen atoms in total. The molecule has 0 amide bonds. The molecule has 2 atom stereocenters. The first kappa shape index (κ1) is 23.8. The lowest BCUT2D eigenvalue weighted by Gasteiger charge is -2.30. The number of hydrogen-bond acceptors (Lipinski definition) is 9. The first-order chi connectivity index (χ1) is 15.9. The normalized spacial score (nSPS) is 23.2. The van der Waals surface area contributed by atoms with E-state index in [1.807, 2.05) is 0 Å². The monoisotopic (exact) mass is 488 g/mol. The Hall–Kier alpha value is -3.33. The molecule has 4 rings (SSSR count). The number of nitrogens with one attached hydrogen (secondary N) is 2. The molecule has 0 bridgehead atoms. The molecule has 15 heteroatoms. The van der Waals surface area contributed by atoms with Crippen molar-refractivity contribution in [3.8, 4) is 0 Å². The van der Waals surface area contributed by atoms with E-state index in [0.29, 0.717) is 25.7 Å². The number of aromatic nitrogens is 3. The quantitative estimate of drug-likeness (QED) is 0.566. The summed E-state index contributed by atoms with van der Waals surface area (Å²) in [4.78, 5) is 19.1. The van der Waals surface area contributed by atoms with E-state index in [1.165, 1.54) is 6.07 Å². The van der Waals surface area contributed by atoms with Gasteiger partial charge < -0.3 is 15.4 Å². The van der Waals surface area contributed by atoms with E-state index in [9.17, 15) is 26.3 Å². The highest BCUT2D eigenvalue weighted by Gasteiger charge is 2.37. The van der Waals surface area contributed by atoms with Crippen molar-refractivity contribution in [3.05, 3.63) is 47.8 Å². The number of alkyl halides is 6. The van der Waals surface area contributed by atoms with Crippen molar-refractivity contribution < 1.29 is 31.1 Å². The van der Waals surface area contributed by atoms with Crippen LogP contribution in [-0.2, 0) is 17.1 Å². The minimum absolute atomic E-state index is 0.0294. The molecule has 2 aromatic rings. The van der Waals surface area contributed by atoms with Crippen LogP contribution in [-0.4, -0.2) is 45.7 Å². The number of ether oxygens (including phenoxy) is 1. The number of rotatable bonds is 4. The maximum atomic E-state index is 13.1. The van der Waals surface area contributed by atoms with Gasteiger partial charge in [-0.3, -0.25) is 10.7 Å². The number of nitrogens with zero attached hydrogens (tertiary/aromatic N) is 5. The minimum Gasteiger partial charge on any atom is -0.381 e. The molecule has 2 unspecified atom stereocenters. The smallest absolute Gasteiger partial charge is 0.381 e. The van der Waals surface area contributed by atoms with Gasteiger partial charge in [0.1, 0.15) is 11.4 Å². The van der Waals surface area contributed by atoms with Crippen molar-refractivity contribution in [2.24, 2.45) is 21.6 Å². The zero-order valence-corrected chi connectivity index (χ0v) is 17.3. The van der Waals surface area contributed by atoms with E-state index in [1.54, 1.807) is 0 Å². The number of amidine groups is 1. The Labute approximate surface area is 188 Å². The number of anilines is 1. The first-order valence-electron chi connectivity index (χ1n) is 9.95. The molecule has 2 aliphatic rings. The molecule has 0 spiro atoms. The van der Waals surface area contributed by atoms with Gasteiger partial charge in [-0.15, -0.1) is 0 Å². The van der Waals surface area contributed by atoms with Crippen LogP contribution in [0.5, 0.6) is 0 Å². The Kier molecular flexibility index (Phi) is 6.16. The fraction of sp³-hybridized carbons (Fsp3) is 0.421. The van der Waals surface area contributed by atoms with Gasteiger partial charge in [0.25, 0.3) is 0 Å². The van der Waals surface area contributed by atoms with Gasteiger partial charge >= 0.3 is 12.4 Å². The van der Waals surface area contributed by atoms with Crippen LogP contribution in [0.1, 0.15) is 30.1 Å². The second kappa shape index (κ2) is 8.79. The molecule has 2 aliphatic heterocycles. The summed E-state index contributed by atoms with van der Waals surface area (Å²) in [5, 5.41) is 5.27. The second-order valence-corrected chi connectivity index (χ2v) is 7.67. The van der Waals surface area contributed by atoms with Gasteiger partial charge in [-0.2, -0.15) is 26.3 Å². The summed E-state index contributed by atoms with van der Waals surface area (Å²) in [6.07, 6.45) is -6.70. The fourth-order valence-corrected chi connectivity index (χ4v) is 3.44. The van der Waals surface area contributed by atoms with Gasteiger partial charge in [-0.1, -0.05) is 0 Å². The van der Waals surface area contributed by atoms with Crippen molar-refractivity contribution in [2.75, 3.05) is 18.5 Å². The van der Waals surface area contributed by atoms with Crippen LogP contribution in [0, 0.1) is 5.92 Å². The summed E-state index contributed by atoms with van der Waals surface area (Å²) in [5.74, 6) is -2.47. The van der Waals surface area contributed by atoms with Gasteiger partial charge in [0.2, 0.25) is 11.7 Å². The lowest BCUT2D eigenvalue weighted by molar-refractivity contribution is -0.142. The van der Waals surface area contributed by atoms with E-state index < -0.39 is 35.4 Å². The number of halogens is 6. The Morgan fingerprint density at radius 2 is 1.79 bits per heavy atom. The lowest BCUT2D eigenvalue weighted by Crippen LogP contribution is -2.51. The predicted molar refractivity (Wildman–Crippen MR) is 107 cm³/mol. The van der Waals surface area contributed by atoms with Crippen LogP contribution in [0.3, 0.4) is 0 Å². The van der Waals surface area contributed by atoms with Crippen molar-refractivity contribution in [1.29, 1.82) is 0 Å². The Bertz CT molecular complexity index is 1110. The van der Waals surface area contributed by atoms with Gasteiger partial charge in [0, 0.05) is 37.7 Å². The van der Waals surface area contributed by atoms with Crippen LogP contribution < -0.4 is 16.4 Å². The van der Waals surface area contributed by atoms with E-state index in [4.69, 9.17) is 10.5 Å². The maximum absolute atomic E-state index is 13.1. The average Bonchev–Trinajstić information content (AvgIpc) is 3.25. The molecule has 4 N–H and O–H groups in total. The molecular weight excluding hydrogens is 470 g/mol. The third-order valence-corrected chi connectivity index (χ3v) is 4.93. The van der Waals surface area contributed by atoms with E-state index >= 15 is 0 Å². The third kappa shape index (κ3) is 5.59. The molecule has 0 radical (unpaired) electrons. The zero-order valence-electron chi connectivity index (χ0n) is 17.3. The Morgan fingerprint density at radius 1 is 1.06 bits per heavy atom. The molecule has 2 aromatic heterocycles. The molecule has 34 heavy (non-hydrogen) atoms.